The molecule has 14 heavy (non-hydrogen) atoms. The number of aliphatic carboxylic acids is 1. The molecule has 0 aliphatic rings. The molecule has 0 saturated heterocycles. The lowest BCUT2D eigenvalue weighted by molar-refractivity contribution is -0.139. The van der Waals surface area contributed by atoms with Crippen LogP contribution in [0.4, 0.5) is 0 Å². The summed E-state index contributed by atoms with van der Waals surface area (Å²) in [5, 5.41) is 17.9. The van der Waals surface area contributed by atoms with E-state index in [9.17, 15) is 4.79 Å². The minimum absolute atomic E-state index is 0.361. The van der Waals surface area contributed by atoms with Gasteiger partial charge in [-0.3, -0.25) is 4.79 Å². The molecule has 0 saturated carbocycles. The predicted octanol–water partition coefficient (Wildman–Crippen LogP) is 1.46. The van der Waals surface area contributed by atoms with Crippen LogP contribution < -0.4 is 0 Å². The molecule has 0 aliphatic carbocycles. The fourth-order valence-electron chi connectivity index (χ4n) is 1.44. The van der Waals surface area contributed by atoms with E-state index in [-0.39, 0.29) is 6.61 Å². The SMILES string of the molecule is Cc1ccc(C)c(C(CO)C(=O)O)c1. The Morgan fingerprint density at radius 1 is 1.43 bits per heavy atom. The molecule has 2 N–H and O–H groups in total. The van der Waals surface area contributed by atoms with Crippen LogP contribution in [0.15, 0.2) is 18.2 Å². The summed E-state index contributed by atoms with van der Waals surface area (Å²) in [6.07, 6.45) is 0. The van der Waals surface area contributed by atoms with Crippen LogP contribution in [0, 0.1) is 13.8 Å². The Hall–Kier alpha value is -1.35. The Kier molecular flexibility index (Phi) is 3.25. The third-order valence-electron chi connectivity index (χ3n) is 2.29. The van der Waals surface area contributed by atoms with E-state index >= 15 is 0 Å². The molecular weight excluding hydrogens is 180 g/mol. The highest BCUT2D eigenvalue weighted by molar-refractivity contribution is 5.76. The van der Waals surface area contributed by atoms with E-state index in [0.29, 0.717) is 5.56 Å². The zero-order valence-electron chi connectivity index (χ0n) is 8.32. The number of benzene rings is 1. The van der Waals surface area contributed by atoms with Gasteiger partial charge in [-0.15, -0.1) is 0 Å². The highest BCUT2D eigenvalue weighted by Gasteiger charge is 2.20. The molecule has 0 fully saturated rings. The second-order valence-electron chi connectivity index (χ2n) is 3.43. The molecular formula is C11H14O3. The molecule has 0 radical (unpaired) electrons. The summed E-state index contributed by atoms with van der Waals surface area (Å²) in [5.74, 6) is -1.80. The van der Waals surface area contributed by atoms with Crippen molar-refractivity contribution in [3.05, 3.63) is 34.9 Å². The van der Waals surface area contributed by atoms with Crippen molar-refractivity contribution in [3.8, 4) is 0 Å². The first kappa shape index (κ1) is 10.7. The van der Waals surface area contributed by atoms with Gasteiger partial charge < -0.3 is 10.2 Å². The maximum atomic E-state index is 10.8. The van der Waals surface area contributed by atoms with E-state index < -0.39 is 11.9 Å². The van der Waals surface area contributed by atoms with Crippen molar-refractivity contribution in [2.45, 2.75) is 19.8 Å². The van der Waals surface area contributed by atoms with Gasteiger partial charge in [0.1, 0.15) is 5.92 Å². The number of rotatable bonds is 3. The minimum Gasteiger partial charge on any atom is -0.481 e. The normalized spacial score (nSPS) is 12.5. The topological polar surface area (TPSA) is 57.5 Å². The van der Waals surface area contributed by atoms with Crippen LogP contribution in [0.25, 0.3) is 0 Å². The molecule has 76 valence electrons. The Balaban J connectivity index is 3.15. The Labute approximate surface area is 83.0 Å². The second-order valence-corrected chi connectivity index (χ2v) is 3.43. The van der Waals surface area contributed by atoms with Crippen LogP contribution in [0.5, 0.6) is 0 Å². The highest BCUT2D eigenvalue weighted by atomic mass is 16.4. The molecule has 0 amide bonds. The molecule has 1 aromatic rings. The Bertz CT molecular complexity index is 344. The molecule has 0 aliphatic heterocycles. The average Bonchev–Trinajstić information content (AvgIpc) is 2.11. The molecule has 0 bridgehead atoms. The highest BCUT2D eigenvalue weighted by Crippen LogP contribution is 2.21. The number of aliphatic hydroxyl groups excluding tert-OH is 1. The van der Waals surface area contributed by atoms with Crippen LogP contribution in [0.1, 0.15) is 22.6 Å². The van der Waals surface area contributed by atoms with Gasteiger partial charge in [-0.2, -0.15) is 0 Å². The fraction of sp³-hybridized carbons (Fsp3) is 0.364. The van der Waals surface area contributed by atoms with Crippen LogP contribution >= 0.6 is 0 Å². The maximum Gasteiger partial charge on any atom is 0.313 e. The van der Waals surface area contributed by atoms with Crippen molar-refractivity contribution in [2.75, 3.05) is 6.61 Å². The summed E-state index contributed by atoms with van der Waals surface area (Å²) >= 11 is 0. The second kappa shape index (κ2) is 4.24. The van der Waals surface area contributed by atoms with Crippen molar-refractivity contribution in [2.24, 2.45) is 0 Å². The molecule has 1 rings (SSSR count). The lowest BCUT2D eigenvalue weighted by Gasteiger charge is -2.13. The van der Waals surface area contributed by atoms with Crippen molar-refractivity contribution < 1.29 is 15.0 Å². The Morgan fingerprint density at radius 3 is 2.57 bits per heavy atom. The summed E-state index contributed by atoms with van der Waals surface area (Å²) in [6, 6.07) is 5.61. The van der Waals surface area contributed by atoms with Gasteiger partial charge in [-0.1, -0.05) is 23.8 Å². The summed E-state index contributed by atoms with van der Waals surface area (Å²) < 4.78 is 0. The number of carbonyl (C=O) groups is 1. The van der Waals surface area contributed by atoms with Crippen LogP contribution in [0.3, 0.4) is 0 Å². The van der Waals surface area contributed by atoms with E-state index in [4.69, 9.17) is 10.2 Å². The van der Waals surface area contributed by atoms with Crippen molar-refractivity contribution in [1.29, 1.82) is 0 Å². The lowest BCUT2D eigenvalue weighted by atomic mass is 9.94. The van der Waals surface area contributed by atoms with Gasteiger partial charge in [0.05, 0.1) is 6.61 Å². The molecule has 1 unspecified atom stereocenters. The van der Waals surface area contributed by atoms with Crippen molar-refractivity contribution in [3.63, 3.8) is 0 Å². The first-order valence-electron chi connectivity index (χ1n) is 4.47. The van der Waals surface area contributed by atoms with E-state index in [2.05, 4.69) is 0 Å². The fourth-order valence-corrected chi connectivity index (χ4v) is 1.44. The number of hydrogen-bond donors (Lipinski definition) is 2. The van der Waals surface area contributed by atoms with Gasteiger partial charge in [0.25, 0.3) is 0 Å². The van der Waals surface area contributed by atoms with Gasteiger partial charge in [0.2, 0.25) is 0 Å². The third kappa shape index (κ3) is 2.12. The number of aryl methyl sites for hydroxylation is 2. The zero-order chi connectivity index (χ0) is 10.7. The molecule has 1 atom stereocenters. The third-order valence-corrected chi connectivity index (χ3v) is 2.29. The molecule has 0 heterocycles. The summed E-state index contributed by atoms with van der Waals surface area (Å²) in [4.78, 5) is 10.8. The molecule has 3 heteroatoms. The summed E-state index contributed by atoms with van der Waals surface area (Å²) in [5.41, 5.74) is 2.60. The number of carboxylic acids is 1. The minimum atomic E-state index is -0.985. The summed E-state index contributed by atoms with van der Waals surface area (Å²) in [6.45, 7) is 3.39. The van der Waals surface area contributed by atoms with Crippen LogP contribution in [-0.4, -0.2) is 22.8 Å². The van der Waals surface area contributed by atoms with Gasteiger partial charge in [0.15, 0.2) is 0 Å². The zero-order valence-corrected chi connectivity index (χ0v) is 8.32. The average molecular weight is 194 g/mol. The van der Waals surface area contributed by atoms with Crippen molar-refractivity contribution >= 4 is 5.97 Å². The predicted molar refractivity (Wildman–Crippen MR) is 53.4 cm³/mol. The van der Waals surface area contributed by atoms with Crippen molar-refractivity contribution in [1.82, 2.24) is 0 Å². The first-order chi connectivity index (χ1) is 6.56. The number of aliphatic hydroxyl groups is 1. The van der Waals surface area contributed by atoms with E-state index in [0.717, 1.165) is 11.1 Å². The lowest BCUT2D eigenvalue weighted by Crippen LogP contribution is -2.16. The number of carboxylic acid groups (broad SMARTS) is 1. The summed E-state index contributed by atoms with van der Waals surface area (Å²) in [7, 11) is 0. The van der Waals surface area contributed by atoms with E-state index in [1.54, 1.807) is 0 Å². The van der Waals surface area contributed by atoms with Gasteiger partial charge >= 0.3 is 5.97 Å². The molecule has 1 aromatic carbocycles. The van der Waals surface area contributed by atoms with Crippen LogP contribution in [-0.2, 0) is 4.79 Å². The number of hydrogen-bond acceptors (Lipinski definition) is 2. The molecule has 0 spiro atoms. The van der Waals surface area contributed by atoms with Gasteiger partial charge in [-0.25, -0.2) is 0 Å². The Morgan fingerprint density at radius 2 is 2.07 bits per heavy atom. The molecule has 0 aromatic heterocycles. The largest absolute Gasteiger partial charge is 0.481 e. The monoisotopic (exact) mass is 194 g/mol. The van der Waals surface area contributed by atoms with Crippen LogP contribution in [0.2, 0.25) is 0 Å². The molecule has 3 nitrogen and oxygen atoms in total. The maximum absolute atomic E-state index is 10.8. The quantitative estimate of drug-likeness (QED) is 0.766. The van der Waals surface area contributed by atoms with E-state index in [1.165, 1.54) is 0 Å². The standard InChI is InChI=1S/C11H14O3/c1-7-3-4-8(2)9(5-7)10(6-12)11(13)14/h3-5,10,12H,6H2,1-2H3,(H,13,14). The van der Waals surface area contributed by atoms with Gasteiger partial charge in [-0.05, 0) is 25.0 Å². The van der Waals surface area contributed by atoms with Gasteiger partial charge in [0, 0.05) is 0 Å². The smallest absolute Gasteiger partial charge is 0.313 e. The first-order valence-corrected chi connectivity index (χ1v) is 4.47. The van der Waals surface area contributed by atoms with E-state index in [1.807, 2.05) is 32.0 Å².